The fourth-order valence-corrected chi connectivity index (χ4v) is 4.76. The van der Waals surface area contributed by atoms with E-state index < -0.39 is 0 Å². The normalized spacial score (nSPS) is 14.1. The van der Waals surface area contributed by atoms with Gasteiger partial charge >= 0.3 is 0 Å². The predicted molar refractivity (Wildman–Crippen MR) is 132 cm³/mol. The second kappa shape index (κ2) is 11.0. The summed E-state index contributed by atoms with van der Waals surface area (Å²) in [5.41, 5.74) is 9.06. The van der Waals surface area contributed by atoms with Crippen LogP contribution in [0.5, 0.6) is 0 Å². The Morgan fingerprint density at radius 2 is 1.88 bits per heavy atom. The van der Waals surface area contributed by atoms with Crippen molar-refractivity contribution in [1.29, 1.82) is 0 Å². The number of benzene rings is 1. The zero-order chi connectivity index (χ0) is 23.0. The van der Waals surface area contributed by atoms with Gasteiger partial charge in [-0.2, -0.15) is 0 Å². The van der Waals surface area contributed by atoms with Crippen LogP contribution in [0, 0.1) is 5.92 Å². The quantitative estimate of drug-likeness (QED) is 0.516. The number of carbonyl (C=O) groups excluding carboxylic acids is 2. The second-order valence-corrected chi connectivity index (χ2v) is 9.25. The van der Waals surface area contributed by atoms with Crippen LogP contribution in [0.3, 0.4) is 0 Å². The van der Waals surface area contributed by atoms with Crippen LogP contribution in [0.4, 0.5) is 10.8 Å². The van der Waals surface area contributed by atoms with Crippen LogP contribution >= 0.6 is 11.3 Å². The SMILES string of the molecule is Nc1nc(-c2ccc(NC(=O)CN(CCc3ccccn3)C(=O)C3CCCCC3)cc2)cs1. The van der Waals surface area contributed by atoms with Gasteiger partial charge in [-0.15, -0.1) is 11.3 Å². The number of rotatable bonds is 8. The number of anilines is 2. The molecule has 7 nitrogen and oxygen atoms in total. The first-order valence-electron chi connectivity index (χ1n) is 11.4. The molecule has 0 bridgehead atoms. The largest absolute Gasteiger partial charge is 0.375 e. The summed E-state index contributed by atoms with van der Waals surface area (Å²) in [4.78, 5) is 36.4. The highest BCUT2D eigenvalue weighted by atomic mass is 32.1. The Balaban J connectivity index is 1.39. The van der Waals surface area contributed by atoms with Crippen LogP contribution in [-0.2, 0) is 16.0 Å². The third kappa shape index (κ3) is 6.38. The molecule has 8 heteroatoms. The Kier molecular flexibility index (Phi) is 7.67. The van der Waals surface area contributed by atoms with Gasteiger partial charge in [0.2, 0.25) is 11.8 Å². The molecule has 2 heterocycles. The molecule has 0 atom stereocenters. The van der Waals surface area contributed by atoms with Crippen molar-refractivity contribution in [1.82, 2.24) is 14.9 Å². The highest BCUT2D eigenvalue weighted by Crippen LogP contribution is 2.26. The molecule has 0 radical (unpaired) electrons. The molecule has 0 aliphatic heterocycles. The maximum Gasteiger partial charge on any atom is 0.243 e. The van der Waals surface area contributed by atoms with Crippen LogP contribution < -0.4 is 11.1 Å². The second-order valence-electron chi connectivity index (χ2n) is 8.36. The monoisotopic (exact) mass is 463 g/mol. The molecule has 0 saturated heterocycles. The molecule has 2 aromatic heterocycles. The number of amides is 2. The summed E-state index contributed by atoms with van der Waals surface area (Å²) in [7, 11) is 0. The van der Waals surface area contributed by atoms with Crippen LogP contribution in [-0.4, -0.2) is 39.8 Å². The van der Waals surface area contributed by atoms with E-state index >= 15 is 0 Å². The molecule has 1 saturated carbocycles. The maximum atomic E-state index is 13.2. The average Bonchev–Trinajstić information content (AvgIpc) is 3.29. The minimum absolute atomic E-state index is 0.0140. The van der Waals surface area contributed by atoms with Gasteiger partial charge < -0.3 is 16.0 Å². The summed E-state index contributed by atoms with van der Waals surface area (Å²) in [6.07, 6.45) is 7.52. The number of carbonyl (C=O) groups is 2. The minimum Gasteiger partial charge on any atom is -0.375 e. The smallest absolute Gasteiger partial charge is 0.243 e. The zero-order valence-electron chi connectivity index (χ0n) is 18.6. The van der Waals surface area contributed by atoms with Gasteiger partial charge in [0.15, 0.2) is 5.13 Å². The van der Waals surface area contributed by atoms with Crippen molar-refractivity contribution in [2.75, 3.05) is 24.1 Å². The number of pyridine rings is 1. The van der Waals surface area contributed by atoms with Crippen LogP contribution in [0.15, 0.2) is 54.0 Å². The van der Waals surface area contributed by atoms with E-state index in [0.717, 1.165) is 42.6 Å². The number of aromatic nitrogens is 2. The fraction of sp³-hybridized carbons (Fsp3) is 0.360. The van der Waals surface area contributed by atoms with Crippen molar-refractivity contribution in [3.05, 3.63) is 59.7 Å². The molecule has 3 aromatic rings. The number of thiazole rings is 1. The topological polar surface area (TPSA) is 101 Å². The van der Waals surface area contributed by atoms with Crippen molar-refractivity contribution in [2.24, 2.45) is 5.92 Å². The molecule has 2 amide bonds. The fourth-order valence-electron chi connectivity index (χ4n) is 4.19. The number of hydrogen-bond donors (Lipinski definition) is 2. The summed E-state index contributed by atoms with van der Waals surface area (Å²) < 4.78 is 0. The molecule has 1 aliphatic carbocycles. The van der Waals surface area contributed by atoms with E-state index in [1.54, 1.807) is 11.1 Å². The Morgan fingerprint density at radius 3 is 2.55 bits per heavy atom. The van der Waals surface area contributed by atoms with E-state index in [9.17, 15) is 9.59 Å². The van der Waals surface area contributed by atoms with Crippen LogP contribution in [0.2, 0.25) is 0 Å². The van der Waals surface area contributed by atoms with Gasteiger partial charge in [-0.25, -0.2) is 4.98 Å². The van der Waals surface area contributed by atoms with Gasteiger partial charge in [-0.3, -0.25) is 14.6 Å². The lowest BCUT2D eigenvalue weighted by atomic mass is 9.88. The molecule has 1 fully saturated rings. The highest BCUT2D eigenvalue weighted by Gasteiger charge is 2.27. The first-order valence-corrected chi connectivity index (χ1v) is 12.3. The number of hydrogen-bond acceptors (Lipinski definition) is 6. The summed E-state index contributed by atoms with van der Waals surface area (Å²) in [6.45, 7) is 0.510. The molecule has 1 aliphatic rings. The maximum absolute atomic E-state index is 13.2. The number of nitrogens with zero attached hydrogens (tertiary/aromatic N) is 3. The van der Waals surface area contributed by atoms with Gasteiger partial charge in [-0.05, 0) is 37.1 Å². The third-order valence-electron chi connectivity index (χ3n) is 5.95. The summed E-state index contributed by atoms with van der Waals surface area (Å²) in [5, 5.41) is 5.35. The summed E-state index contributed by atoms with van der Waals surface area (Å²) in [5.74, 6) is -0.108. The van der Waals surface area contributed by atoms with Gasteiger partial charge in [0.05, 0.1) is 12.2 Å². The van der Waals surface area contributed by atoms with Crippen LogP contribution in [0.1, 0.15) is 37.8 Å². The minimum atomic E-state index is -0.203. The number of nitrogen functional groups attached to an aromatic ring is 1. The lowest BCUT2D eigenvalue weighted by Gasteiger charge is -2.29. The molecule has 3 N–H and O–H groups in total. The molecule has 172 valence electrons. The highest BCUT2D eigenvalue weighted by molar-refractivity contribution is 7.13. The van der Waals surface area contributed by atoms with E-state index in [1.165, 1.54) is 17.8 Å². The summed E-state index contributed by atoms with van der Waals surface area (Å²) >= 11 is 1.39. The number of nitrogens with one attached hydrogen (secondary N) is 1. The van der Waals surface area contributed by atoms with E-state index in [1.807, 2.05) is 47.8 Å². The first kappa shape index (κ1) is 22.9. The Labute approximate surface area is 198 Å². The molecule has 0 unspecified atom stereocenters. The summed E-state index contributed by atoms with van der Waals surface area (Å²) in [6, 6.07) is 13.2. The standard InChI is InChI=1S/C25H29N5O2S/c26-25-29-22(17-33-25)18-9-11-21(12-10-18)28-23(31)16-30(15-13-20-8-4-5-14-27-20)24(32)19-6-2-1-3-7-19/h4-5,8-12,14,17,19H,1-3,6-7,13,15-16H2,(H2,26,29)(H,28,31). The lowest BCUT2D eigenvalue weighted by molar-refractivity contribution is -0.139. The Bertz CT molecular complexity index is 1060. The third-order valence-corrected chi connectivity index (χ3v) is 6.62. The van der Waals surface area contributed by atoms with Crippen molar-refractivity contribution < 1.29 is 9.59 Å². The zero-order valence-corrected chi connectivity index (χ0v) is 19.4. The van der Waals surface area contributed by atoms with Crippen LogP contribution in [0.25, 0.3) is 11.3 Å². The van der Waals surface area contributed by atoms with E-state index in [2.05, 4.69) is 15.3 Å². The van der Waals surface area contributed by atoms with Gasteiger partial charge in [0.25, 0.3) is 0 Å². The van der Waals surface area contributed by atoms with Gasteiger partial charge in [-0.1, -0.05) is 37.5 Å². The average molecular weight is 464 g/mol. The molecule has 1 aromatic carbocycles. The predicted octanol–water partition coefficient (Wildman–Crippen LogP) is 4.38. The number of nitrogens with two attached hydrogens (primary N) is 1. The van der Waals surface area contributed by atoms with E-state index in [-0.39, 0.29) is 24.3 Å². The van der Waals surface area contributed by atoms with Crippen molar-refractivity contribution >= 4 is 34.0 Å². The van der Waals surface area contributed by atoms with Crippen molar-refractivity contribution in [3.8, 4) is 11.3 Å². The molecule has 0 spiro atoms. The van der Waals surface area contributed by atoms with Crippen molar-refractivity contribution in [2.45, 2.75) is 38.5 Å². The molecule has 4 rings (SSSR count). The Hall–Kier alpha value is -3.26. The van der Waals surface area contributed by atoms with Gasteiger partial charge in [0.1, 0.15) is 0 Å². The molecule has 33 heavy (non-hydrogen) atoms. The first-order chi connectivity index (χ1) is 16.1. The van der Waals surface area contributed by atoms with E-state index in [4.69, 9.17) is 5.73 Å². The van der Waals surface area contributed by atoms with E-state index in [0.29, 0.717) is 23.8 Å². The van der Waals surface area contributed by atoms with Crippen molar-refractivity contribution in [3.63, 3.8) is 0 Å². The Morgan fingerprint density at radius 1 is 1.09 bits per heavy atom. The molecular weight excluding hydrogens is 434 g/mol. The molecular formula is C25H29N5O2S. The van der Waals surface area contributed by atoms with Gasteiger partial charge in [0, 0.05) is 47.4 Å². The lowest BCUT2D eigenvalue weighted by Crippen LogP contribution is -2.43.